The van der Waals surface area contributed by atoms with Gasteiger partial charge in [0.15, 0.2) is 0 Å². The van der Waals surface area contributed by atoms with Gasteiger partial charge in [-0.05, 0) is 30.7 Å². The summed E-state index contributed by atoms with van der Waals surface area (Å²) in [5.41, 5.74) is -0.0190. The molecule has 0 saturated carbocycles. The third-order valence-electron chi connectivity index (χ3n) is 2.46. The van der Waals surface area contributed by atoms with Crippen LogP contribution in [0.4, 0.5) is 14.6 Å². The molecule has 0 atom stereocenters. The first kappa shape index (κ1) is 13.6. The Bertz CT molecular complexity index is 647. The van der Waals surface area contributed by atoms with E-state index in [1.165, 1.54) is 13.1 Å². The van der Waals surface area contributed by atoms with Gasteiger partial charge in [0.05, 0.1) is 5.56 Å². The van der Waals surface area contributed by atoms with E-state index in [0.29, 0.717) is 6.07 Å². The summed E-state index contributed by atoms with van der Waals surface area (Å²) in [6, 6.07) is 5.13. The van der Waals surface area contributed by atoms with Crippen molar-refractivity contribution in [3.05, 3.63) is 57.7 Å². The van der Waals surface area contributed by atoms with Gasteiger partial charge in [-0.1, -0.05) is 15.9 Å². The Hall–Kier alpha value is -1.82. The van der Waals surface area contributed by atoms with Crippen LogP contribution in [0.1, 0.15) is 15.9 Å². The summed E-state index contributed by atoms with van der Waals surface area (Å²) in [7, 11) is 0. The van der Waals surface area contributed by atoms with Crippen molar-refractivity contribution < 1.29 is 13.6 Å². The highest BCUT2D eigenvalue weighted by Crippen LogP contribution is 2.17. The van der Waals surface area contributed by atoms with E-state index in [-0.39, 0.29) is 16.9 Å². The predicted octanol–water partition coefficient (Wildman–Crippen LogP) is 3.68. The van der Waals surface area contributed by atoms with Gasteiger partial charge in [0.2, 0.25) is 0 Å². The lowest BCUT2D eigenvalue weighted by molar-refractivity contribution is 0.102. The lowest BCUT2D eigenvalue weighted by atomic mass is 10.1. The van der Waals surface area contributed by atoms with Gasteiger partial charge in [-0.3, -0.25) is 4.79 Å². The molecule has 6 heteroatoms. The normalized spacial score (nSPS) is 10.3. The number of carbonyl (C=O) groups excluding carboxylic acids is 1. The van der Waals surface area contributed by atoms with E-state index in [9.17, 15) is 13.6 Å². The van der Waals surface area contributed by atoms with Crippen molar-refractivity contribution in [3.63, 3.8) is 0 Å². The first-order valence-electron chi connectivity index (χ1n) is 5.36. The maximum absolute atomic E-state index is 13.5. The van der Waals surface area contributed by atoms with E-state index in [1.54, 1.807) is 12.1 Å². The van der Waals surface area contributed by atoms with Gasteiger partial charge in [-0.15, -0.1) is 0 Å². The second kappa shape index (κ2) is 5.44. The van der Waals surface area contributed by atoms with Gasteiger partial charge in [-0.2, -0.15) is 0 Å². The van der Waals surface area contributed by atoms with Gasteiger partial charge in [-0.25, -0.2) is 13.8 Å². The van der Waals surface area contributed by atoms with E-state index in [4.69, 9.17) is 0 Å². The number of rotatable bonds is 2. The fourth-order valence-electron chi connectivity index (χ4n) is 1.49. The SMILES string of the molecule is Cc1cc(C(=O)Nc2cc(Br)ccn2)c(F)cc1F. The average molecular weight is 327 g/mol. The Balaban J connectivity index is 2.28. The van der Waals surface area contributed by atoms with Crippen molar-refractivity contribution >= 4 is 27.7 Å². The minimum Gasteiger partial charge on any atom is -0.306 e. The highest BCUT2D eigenvalue weighted by Gasteiger charge is 2.15. The van der Waals surface area contributed by atoms with Crippen LogP contribution < -0.4 is 5.32 Å². The van der Waals surface area contributed by atoms with Crippen LogP contribution in [0.3, 0.4) is 0 Å². The van der Waals surface area contributed by atoms with Crippen molar-refractivity contribution in [2.75, 3.05) is 5.32 Å². The van der Waals surface area contributed by atoms with Crippen LogP contribution in [0.2, 0.25) is 0 Å². The molecule has 0 spiro atoms. The number of amides is 1. The molecule has 2 rings (SSSR count). The Kier molecular flexibility index (Phi) is 3.90. The molecule has 19 heavy (non-hydrogen) atoms. The highest BCUT2D eigenvalue weighted by molar-refractivity contribution is 9.10. The van der Waals surface area contributed by atoms with Crippen LogP contribution in [0.25, 0.3) is 0 Å². The van der Waals surface area contributed by atoms with Crippen molar-refractivity contribution in [1.82, 2.24) is 4.98 Å². The molecule has 0 aliphatic carbocycles. The zero-order chi connectivity index (χ0) is 14.0. The van der Waals surface area contributed by atoms with Gasteiger partial charge < -0.3 is 5.32 Å². The van der Waals surface area contributed by atoms with Crippen LogP contribution in [0, 0.1) is 18.6 Å². The van der Waals surface area contributed by atoms with Crippen LogP contribution in [-0.2, 0) is 0 Å². The van der Waals surface area contributed by atoms with Crippen molar-refractivity contribution in [3.8, 4) is 0 Å². The average Bonchev–Trinajstić information content (AvgIpc) is 2.33. The molecular weight excluding hydrogens is 318 g/mol. The number of hydrogen-bond donors (Lipinski definition) is 1. The standard InChI is InChI=1S/C13H9BrF2N2O/c1-7-4-9(11(16)6-10(7)15)13(19)18-12-5-8(14)2-3-17-12/h2-6H,1H3,(H,17,18,19). The number of nitrogens with one attached hydrogen (secondary N) is 1. The van der Waals surface area contributed by atoms with Gasteiger partial charge >= 0.3 is 0 Å². The van der Waals surface area contributed by atoms with Gasteiger partial charge in [0.1, 0.15) is 17.5 Å². The van der Waals surface area contributed by atoms with E-state index in [1.807, 2.05) is 0 Å². The number of hydrogen-bond acceptors (Lipinski definition) is 2. The number of aryl methyl sites for hydroxylation is 1. The number of aromatic nitrogens is 1. The van der Waals surface area contributed by atoms with Crippen molar-refractivity contribution in [2.45, 2.75) is 6.92 Å². The number of benzene rings is 1. The molecule has 0 aliphatic rings. The molecule has 0 bridgehead atoms. The molecule has 0 aliphatic heterocycles. The zero-order valence-electron chi connectivity index (χ0n) is 9.88. The second-order valence-electron chi connectivity index (χ2n) is 3.89. The quantitative estimate of drug-likeness (QED) is 0.914. The van der Waals surface area contributed by atoms with E-state index < -0.39 is 17.5 Å². The molecule has 1 heterocycles. The van der Waals surface area contributed by atoms with Crippen LogP contribution in [0.5, 0.6) is 0 Å². The molecule has 1 amide bonds. The summed E-state index contributed by atoms with van der Waals surface area (Å²) in [6.45, 7) is 1.46. The Morgan fingerprint density at radius 1 is 1.26 bits per heavy atom. The predicted molar refractivity (Wildman–Crippen MR) is 71.0 cm³/mol. The maximum Gasteiger partial charge on any atom is 0.259 e. The minimum absolute atomic E-state index is 0.203. The number of anilines is 1. The molecule has 3 nitrogen and oxygen atoms in total. The highest BCUT2D eigenvalue weighted by atomic mass is 79.9. The molecule has 0 unspecified atom stereocenters. The molecular formula is C13H9BrF2N2O. The number of carbonyl (C=O) groups is 1. The monoisotopic (exact) mass is 326 g/mol. The first-order chi connectivity index (χ1) is 8.97. The first-order valence-corrected chi connectivity index (χ1v) is 6.15. The summed E-state index contributed by atoms with van der Waals surface area (Å²) >= 11 is 3.23. The van der Waals surface area contributed by atoms with E-state index >= 15 is 0 Å². The van der Waals surface area contributed by atoms with Crippen molar-refractivity contribution in [1.29, 1.82) is 0 Å². The zero-order valence-corrected chi connectivity index (χ0v) is 11.5. The molecule has 0 fully saturated rings. The number of nitrogens with zero attached hydrogens (tertiary/aromatic N) is 1. The summed E-state index contributed by atoms with van der Waals surface area (Å²) < 4.78 is 27.4. The summed E-state index contributed by atoms with van der Waals surface area (Å²) in [5, 5.41) is 2.44. The molecule has 0 radical (unpaired) electrons. The second-order valence-corrected chi connectivity index (χ2v) is 4.81. The Morgan fingerprint density at radius 2 is 2.00 bits per heavy atom. The fourth-order valence-corrected chi connectivity index (χ4v) is 1.82. The number of halogens is 3. The lowest BCUT2D eigenvalue weighted by Gasteiger charge is -2.07. The molecule has 0 saturated heterocycles. The summed E-state index contributed by atoms with van der Waals surface area (Å²) in [6.07, 6.45) is 1.49. The topological polar surface area (TPSA) is 42.0 Å². The lowest BCUT2D eigenvalue weighted by Crippen LogP contribution is -2.15. The molecule has 1 N–H and O–H groups in total. The molecule has 1 aromatic carbocycles. The fraction of sp³-hybridized carbons (Fsp3) is 0.0769. The smallest absolute Gasteiger partial charge is 0.259 e. The Labute approximate surface area is 116 Å². The van der Waals surface area contributed by atoms with Crippen LogP contribution >= 0.6 is 15.9 Å². The third kappa shape index (κ3) is 3.14. The van der Waals surface area contributed by atoms with Crippen molar-refractivity contribution in [2.24, 2.45) is 0 Å². The van der Waals surface area contributed by atoms with Crippen LogP contribution in [-0.4, -0.2) is 10.9 Å². The molecule has 1 aromatic heterocycles. The van der Waals surface area contributed by atoms with E-state index in [2.05, 4.69) is 26.2 Å². The molecule has 2 aromatic rings. The van der Waals surface area contributed by atoms with Crippen LogP contribution in [0.15, 0.2) is 34.9 Å². The summed E-state index contributed by atoms with van der Waals surface area (Å²) in [4.78, 5) is 15.8. The number of pyridine rings is 1. The van der Waals surface area contributed by atoms with Gasteiger partial charge in [0.25, 0.3) is 5.91 Å². The van der Waals surface area contributed by atoms with Gasteiger partial charge in [0, 0.05) is 16.7 Å². The maximum atomic E-state index is 13.5. The summed E-state index contributed by atoms with van der Waals surface area (Å²) in [5.74, 6) is -1.99. The minimum atomic E-state index is -0.907. The Morgan fingerprint density at radius 3 is 2.68 bits per heavy atom. The largest absolute Gasteiger partial charge is 0.306 e. The molecule has 98 valence electrons. The third-order valence-corrected chi connectivity index (χ3v) is 2.95. The van der Waals surface area contributed by atoms with E-state index in [0.717, 1.165) is 10.5 Å².